The molecule has 0 fully saturated rings. The van der Waals surface area contributed by atoms with Crippen LogP contribution in [-0.2, 0) is 6.54 Å². The monoisotopic (exact) mass is 479 g/mol. The lowest BCUT2D eigenvalue weighted by molar-refractivity contribution is 0.321. The van der Waals surface area contributed by atoms with Crippen molar-refractivity contribution >= 4 is 34.3 Å². The van der Waals surface area contributed by atoms with Crippen LogP contribution in [0.15, 0.2) is 42.9 Å². The van der Waals surface area contributed by atoms with E-state index in [0.29, 0.717) is 51.6 Å². The van der Waals surface area contributed by atoms with Gasteiger partial charge in [0.1, 0.15) is 11.3 Å². The Hall–Kier alpha value is -3.99. The van der Waals surface area contributed by atoms with Crippen LogP contribution in [0, 0.1) is 0 Å². The van der Waals surface area contributed by atoms with Crippen LogP contribution in [0.2, 0.25) is 0 Å². The highest BCUT2D eigenvalue weighted by atomic mass is 32.1. The number of benzene rings is 1. The van der Waals surface area contributed by atoms with Crippen LogP contribution in [0.1, 0.15) is 12.5 Å². The summed E-state index contributed by atoms with van der Waals surface area (Å²) < 4.78 is 18.2. The second-order valence-corrected chi connectivity index (χ2v) is 7.61. The summed E-state index contributed by atoms with van der Waals surface area (Å²) in [6, 6.07) is 7.43. The zero-order valence-electron chi connectivity index (χ0n) is 19.3. The third-order valence-corrected chi connectivity index (χ3v) is 5.28. The molecule has 0 saturated heterocycles. The predicted octanol–water partition coefficient (Wildman–Crippen LogP) is 3.27. The van der Waals surface area contributed by atoms with E-state index in [1.54, 1.807) is 38.4 Å². The minimum atomic E-state index is 0.471. The van der Waals surface area contributed by atoms with Gasteiger partial charge in [-0.1, -0.05) is 0 Å². The Morgan fingerprint density at radius 1 is 1.00 bits per heavy atom. The van der Waals surface area contributed by atoms with Gasteiger partial charge in [-0.2, -0.15) is 5.10 Å². The minimum absolute atomic E-state index is 0.471. The third-order valence-electron chi connectivity index (χ3n) is 5.03. The topological polar surface area (TPSA) is 108 Å². The van der Waals surface area contributed by atoms with Gasteiger partial charge in [0.25, 0.3) is 0 Å². The van der Waals surface area contributed by atoms with Gasteiger partial charge < -0.3 is 24.8 Å². The molecule has 10 nitrogen and oxygen atoms in total. The molecule has 0 aliphatic heterocycles. The van der Waals surface area contributed by atoms with Gasteiger partial charge in [-0.3, -0.25) is 9.67 Å². The lowest BCUT2D eigenvalue weighted by Gasteiger charge is -2.15. The molecule has 3 aromatic heterocycles. The Kier molecular flexibility index (Phi) is 7.02. The molecule has 2 N–H and O–H groups in total. The van der Waals surface area contributed by atoms with Crippen molar-refractivity contribution in [2.75, 3.05) is 33.2 Å². The first-order valence-electron chi connectivity index (χ1n) is 10.6. The molecule has 0 saturated carbocycles. The average Bonchev–Trinajstić information content (AvgIpc) is 3.31. The molecular formula is C23H25N7O3S. The number of fused-ring (bicyclic) bond motifs is 1. The molecule has 4 aromatic rings. The van der Waals surface area contributed by atoms with E-state index in [1.807, 2.05) is 37.4 Å². The van der Waals surface area contributed by atoms with E-state index in [9.17, 15) is 0 Å². The number of methoxy groups -OCH3 is 3. The van der Waals surface area contributed by atoms with E-state index < -0.39 is 0 Å². The molecule has 34 heavy (non-hydrogen) atoms. The molecule has 0 spiro atoms. The number of nitrogens with one attached hydrogen (secondary N) is 2. The summed E-state index contributed by atoms with van der Waals surface area (Å²) >= 11 is 5.23. The highest BCUT2D eigenvalue weighted by Gasteiger charge is 2.17. The zero-order chi connectivity index (χ0) is 24.1. The number of hydrogen-bond acceptors (Lipinski definition) is 8. The average molecular weight is 480 g/mol. The molecule has 0 bridgehead atoms. The first-order valence-corrected chi connectivity index (χ1v) is 11.0. The summed E-state index contributed by atoms with van der Waals surface area (Å²) in [4.78, 5) is 13.7. The lowest BCUT2D eigenvalue weighted by atomic mass is 10.1. The van der Waals surface area contributed by atoms with Gasteiger partial charge in [-0.25, -0.2) is 9.97 Å². The van der Waals surface area contributed by atoms with Crippen molar-refractivity contribution in [2.24, 2.45) is 0 Å². The number of anilines is 1. The van der Waals surface area contributed by atoms with Crippen molar-refractivity contribution in [3.63, 3.8) is 0 Å². The maximum Gasteiger partial charge on any atom is 0.203 e. The molecule has 3 heterocycles. The SMILES string of the molecule is CCNC(=S)Nc1ccc2ncc(-c3cnn(Cc4ccc(OC)c(OC)c4OC)c3)nc2n1. The molecule has 0 aliphatic carbocycles. The minimum Gasteiger partial charge on any atom is -0.493 e. The zero-order valence-corrected chi connectivity index (χ0v) is 20.1. The van der Waals surface area contributed by atoms with E-state index in [1.165, 1.54) is 0 Å². The molecule has 0 amide bonds. The Labute approximate surface area is 202 Å². The van der Waals surface area contributed by atoms with Crippen molar-refractivity contribution in [3.8, 4) is 28.5 Å². The smallest absolute Gasteiger partial charge is 0.203 e. The fraction of sp³-hybridized carbons (Fsp3) is 0.261. The van der Waals surface area contributed by atoms with Crippen LogP contribution in [0.25, 0.3) is 22.4 Å². The fourth-order valence-electron chi connectivity index (χ4n) is 3.47. The van der Waals surface area contributed by atoms with Crippen molar-refractivity contribution in [1.29, 1.82) is 0 Å². The van der Waals surface area contributed by atoms with E-state index in [-0.39, 0.29) is 0 Å². The van der Waals surface area contributed by atoms with Gasteiger partial charge in [0, 0.05) is 23.9 Å². The van der Waals surface area contributed by atoms with Crippen LogP contribution < -0.4 is 24.8 Å². The highest BCUT2D eigenvalue weighted by Crippen LogP contribution is 2.40. The fourth-order valence-corrected chi connectivity index (χ4v) is 3.72. The standard InChI is InChI=1S/C23H25N7O3S/c1-5-24-23(34)29-19-9-7-16-22(28-19)27-17(11-25-16)15-10-26-30(13-15)12-14-6-8-18(31-2)21(33-4)20(14)32-3/h6-11,13H,5,12H2,1-4H3,(H2,24,27,28,29,34). The molecular weight excluding hydrogens is 454 g/mol. The molecule has 0 atom stereocenters. The Morgan fingerprint density at radius 3 is 2.56 bits per heavy atom. The summed E-state index contributed by atoms with van der Waals surface area (Å²) in [5, 5.41) is 11.1. The van der Waals surface area contributed by atoms with E-state index >= 15 is 0 Å². The van der Waals surface area contributed by atoms with Crippen molar-refractivity contribution in [2.45, 2.75) is 13.5 Å². The van der Waals surface area contributed by atoms with Gasteiger partial charge >= 0.3 is 0 Å². The van der Waals surface area contributed by atoms with Crippen LogP contribution in [0.3, 0.4) is 0 Å². The largest absolute Gasteiger partial charge is 0.493 e. The van der Waals surface area contributed by atoms with Crippen LogP contribution in [0.4, 0.5) is 5.82 Å². The number of pyridine rings is 1. The van der Waals surface area contributed by atoms with Crippen LogP contribution >= 0.6 is 12.2 Å². The summed E-state index contributed by atoms with van der Waals surface area (Å²) in [7, 11) is 4.77. The normalized spacial score (nSPS) is 10.7. The number of hydrogen-bond donors (Lipinski definition) is 2. The van der Waals surface area contributed by atoms with Gasteiger partial charge in [-0.05, 0) is 43.4 Å². The number of thiocarbonyl (C=S) groups is 1. The lowest BCUT2D eigenvalue weighted by Crippen LogP contribution is -2.28. The molecule has 0 radical (unpaired) electrons. The third kappa shape index (κ3) is 4.84. The van der Waals surface area contributed by atoms with E-state index in [2.05, 4.69) is 30.7 Å². The summed E-state index contributed by atoms with van der Waals surface area (Å²) in [5.74, 6) is 2.34. The number of aromatic nitrogens is 5. The Bertz CT molecular complexity index is 1330. The summed E-state index contributed by atoms with van der Waals surface area (Å²) in [5.41, 5.74) is 3.57. The molecule has 11 heteroatoms. The predicted molar refractivity (Wildman–Crippen MR) is 134 cm³/mol. The maximum atomic E-state index is 5.58. The van der Waals surface area contributed by atoms with Gasteiger partial charge in [0.15, 0.2) is 22.3 Å². The molecule has 1 aromatic carbocycles. The highest BCUT2D eigenvalue weighted by molar-refractivity contribution is 7.80. The second kappa shape index (κ2) is 10.3. The van der Waals surface area contributed by atoms with Crippen molar-refractivity contribution < 1.29 is 14.2 Å². The molecule has 0 aliphatic rings. The van der Waals surface area contributed by atoms with E-state index in [4.69, 9.17) is 26.4 Å². The first-order chi connectivity index (χ1) is 16.6. The number of rotatable bonds is 8. The number of nitrogens with zero attached hydrogens (tertiary/aromatic N) is 5. The van der Waals surface area contributed by atoms with E-state index in [0.717, 1.165) is 17.7 Å². The Morgan fingerprint density at radius 2 is 1.82 bits per heavy atom. The van der Waals surface area contributed by atoms with Gasteiger partial charge in [0.05, 0.1) is 46.0 Å². The summed E-state index contributed by atoms with van der Waals surface area (Å²) in [6.45, 7) is 3.17. The Balaban J connectivity index is 1.59. The van der Waals surface area contributed by atoms with Gasteiger partial charge in [0.2, 0.25) is 5.75 Å². The van der Waals surface area contributed by atoms with Gasteiger partial charge in [-0.15, -0.1) is 0 Å². The van der Waals surface area contributed by atoms with Crippen molar-refractivity contribution in [1.82, 2.24) is 30.0 Å². The maximum absolute atomic E-state index is 5.58. The summed E-state index contributed by atoms with van der Waals surface area (Å²) in [6.07, 6.45) is 5.35. The quantitative estimate of drug-likeness (QED) is 0.366. The van der Waals surface area contributed by atoms with Crippen LogP contribution in [-0.4, -0.2) is 57.7 Å². The second-order valence-electron chi connectivity index (χ2n) is 7.20. The molecule has 4 rings (SSSR count). The molecule has 0 unspecified atom stereocenters. The molecule has 176 valence electrons. The number of ether oxygens (including phenoxy) is 3. The van der Waals surface area contributed by atoms with Crippen molar-refractivity contribution in [3.05, 3.63) is 48.4 Å². The van der Waals surface area contributed by atoms with Crippen LogP contribution in [0.5, 0.6) is 17.2 Å². The first kappa shape index (κ1) is 23.2.